The van der Waals surface area contributed by atoms with Crippen LogP contribution in [0.1, 0.15) is 30.3 Å². The molecule has 2 unspecified atom stereocenters. The maximum atomic E-state index is 11.6. The molecule has 1 amide bonds. The van der Waals surface area contributed by atoms with Gasteiger partial charge in [-0.3, -0.25) is 4.90 Å². The van der Waals surface area contributed by atoms with Gasteiger partial charge < -0.3 is 10.8 Å². The number of nitrogens with zero attached hydrogens (tertiary/aromatic N) is 2. The second-order valence-electron chi connectivity index (χ2n) is 6.23. The first kappa shape index (κ1) is 16.8. The van der Waals surface area contributed by atoms with Crippen LogP contribution < -0.4 is 5.73 Å². The Morgan fingerprint density at radius 2 is 2.16 bits per heavy atom. The lowest BCUT2D eigenvalue weighted by Crippen LogP contribution is -2.43. The zero-order valence-corrected chi connectivity index (χ0v) is 16.8. The molecule has 0 saturated heterocycles. The summed E-state index contributed by atoms with van der Waals surface area (Å²) < 4.78 is 2.13. The van der Waals surface area contributed by atoms with E-state index < -0.39 is 6.09 Å². The van der Waals surface area contributed by atoms with Gasteiger partial charge in [-0.1, -0.05) is 15.9 Å². The van der Waals surface area contributed by atoms with E-state index in [9.17, 15) is 9.90 Å². The first-order chi connectivity index (χ1) is 11.9. The normalized spacial score (nSPS) is 20.0. The largest absolute Gasteiger partial charge is 0.465 e. The SMILES string of the molecule is CC1Cc2c(sc(N)c2-c2nc3ccc(Br)cc3s2)C(C)N1C(=O)O. The standard InChI is InChI=1S/C17H16BrN3O2S2/c1-7-5-10-13(15(19)25-14(10)8(2)21(7)17(22)23)16-20-11-4-3-9(18)6-12(11)24-16/h3-4,6-8H,5,19H2,1-2H3,(H,22,23). The third-order valence-corrected chi connectivity index (χ3v) is 7.38. The summed E-state index contributed by atoms with van der Waals surface area (Å²) in [6.45, 7) is 3.87. The van der Waals surface area contributed by atoms with Gasteiger partial charge in [-0.05, 0) is 44.0 Å². The number of fused-ring (bicyclic) bond motifs is 2. The highest BCUT2D eigenvalue weighted by Crippen LogP contribution is 2.48. The van der Waals surface area contributed by atoms with Crippen LogP contribution in [0.4, 0.5) is 9.80 Å². The predicted molar refractivity (Wildman–Crippen MR) is 106 cm³/mol. The molecule has 0 radical (unpaired) electrons. The zero-order valence-electron chi connectivity index (χ0n) is 13.6. The third kappa shape index (κ3) is 2.63. The lowest BCUT2D eigenvalue weighted by Gasteiger charge is -2.36. The molecule has 5 nitrogen and oxygen atoms in total. The number of carboxylic acid groups (broad SMARTS) is 1. The van der Waals surface area contributed by atoms with Crippen LogP contribution in [0.25, 0.3) is 20.8 Å². The maximum Gasteiger partial charge on any atom is 0.408 e. The Kier molecular flexibility index (Phi) is 4.01. The summed E-state index contributed by atoms with van der Waals surface area (Å²) in [5.74, 6) is 0. The number of aromatic nitrogens is 1. The molecule has 3 heterocycles. The topological polar surface area (TPSA) is 79.5 Å². The van der Waals surface area contributed by atoms with E-state index in [0.29, 0.717) is 6.42 Å². The molecule has 0 spiro atoms. The van der Waals surface area contributed by atoms with Crippen molar-refractivity contribution in [2.75, 3.05) is 5.73 Å². The molecule has 1 aliphatic heterocycles. The fraction of sp³-hybridized carbons (Fsp3) is 0.294. The van der Waals surface area contributed by atoms with Crippen molar-refractivity contribution < 1.29 is 9.90 Å². The number of hydrogen-bond acceptors (Lipinski definition) is 5. The summed E-state index contributed by atoms with van der Waals surface area (Å²) in [6, 6.07) is 5.75. The number of thiazole rings is 1. The van der Waals surface area contributed by atoms with Crippen molar-refractivity contribution in [3.8, 4) is 10.6 Å². The van der Waals surface area contributed by atoms with Gasteiger partial charge in [0, 0.05) is 21.0 Å². The Balaban J connectivity index is 1.87. The number of benzene rings is 1. The van der Waals surface area contributed by atoms with E-state index >= 15 is 0 Å². The summed E-state index contributed by atoms with van der Waals surface area (Å²) in [4.78, 5) is 18.9. The van der Waals surface area contributed by atoms with Gasteiger partial charge >= 0.3 is 6.09 Å². The fourth-order valence-corrected chi connectivity index (χ4v) is 6.36. The van der Waals surface area contributed by atoms with Gasteiger partial charge in [0.15, 0.2) is 0 Å². The third-order valence-electron chi connectivity index (χ3n) is 4.62. The van der Waals surface area contributed by atoms with Crippen LogP contribution >= 0.6 is 38.6 Å². The van der Waals surface area contributed by atoms with E-state index in [2.05, 4.69) is 22.0 Å². The van der Waals surface area contributed by atoms with Crippen molar-refractivity contribution in [2.45, 2.75) is 32.4 Å². The van der Waals surface area contributed by atoms with E-state index in [1.165, 1.54) is 16.2 Å². The molecule has 1 aliphatic rings. The first-order valence-electron chi connectivity index (χ1n) is 7.85. The molecule has 3 aromatic rings. The van der Waals surface area contributed by atoms with Crippen LogP contribution in [0.3, 0.4) is 0 Å². The molecule has 25 heavy (non-hydrogen) atoms. The first-order valence-corrected chi connectivity index (χ1v) is 10.3. The van der Waals surface area contributed by atoms with Gasteiger partial charge in [0.1, 0.15) is 5.01 Å². The molecule has 0 saturated carbocycles. The fourth-order valence-electron chi connectivity index (χ4n) is 3.54. The Labute approximate surface area is 161 Å². The molecule has 3 N–H and O–H groups in total. The number of rotatable bonds is 1. The quantitative estimate of drug-likeness (QED) is 0.537. The maximum absolute atomic E-state index is 11.6. The van der Waals surface area contributed by atoms with Crippen molar-refractivity contribution in [1.82, 2.24) is 9.88 Å². The van der Waals surface area contributed by atoms with E-state index in [4.69, 9.17) is 10.7 Å². The minimum atomic E-state index is -0.885. The number of amides is 1. The van der Waals surface area contributed by atoms with Crippen molar-refractivity contribution in [3.05, 3.63) is 33.1 Å². The van der Waals surface area contributed by atoms with Crippen molar-refractivity contribution >= 4 is 59.9 Å². The average molecular weight is 438 g/mol. The summed E-state index contributed by atoms with van der Waals surface area (Å²) >= 11 is 6.60. The van der Waals surface area contributed by atoms with Crippen LogP contribution in [-0.2, 0) is 6.42 Å². The summed E-state index contributed by atoms with van der Waals surface area (Å²) in [6.07, 6.45) is -0.224. The Hall–Kier alpha value is -1.64. The summed E-state index contributed by atoms with van der Waals surface area (Å²) in [5, 5.41) is 11.1. The zero-order chi connectivity index (χ0) is 17.9. The van der Waals surface area contributed by atoms with Crippen LogP contribution in [0.15, 0.2) is 22.7 Å². The Bertz CT molecular complexity index is 997. The minimum Gasteiger partial charge on any atom is -0.465 e. The van der Waals surface area contributed by atoms with Gasteiger partial charge in [0.2, 0.25) is 0 Å². The highest BCUT2D eigenvalue weighted by molar-refractivity contribution is 9.10. The molecule has 2 atom stereocenters. The van der Waals surface area contributed by atoms with Crippen LogP contribution in [0, 0.1) is 0 Å². The molecular formula is C17H16BrN3O2S2. The van der Waals surface area contributed by atoms with Gasteiger partial charge in [0.05, 0.1) is 21.3 Å². The number of carbonyl (C=O) groups is 1. The van der Waals surface area contributed by atoms with E-state index in [1.54, 1.807) is 11.3 Å². The second-order valence-corrected chi connectivity index (χ2v) is 9.26. The molecule has 0 fully saturated rings. The molecule has 0 bridgehead atoms. The van der Waals surface area contributed by atoms with Gasteiger partial charge in [-0.15, -0.1) is 22.7 Å². The Morgan fingerprint density at radius 3 is 2.88 bits per heavy atom. The predicted octanol–water partition coefficient (Wildman–Crippen LogP) is 5.36. The van der Waals surface area contributed by atoms with Gasteiger partial charge in [-0.25, -0.2) is 9.78 Å². The van der Waals surface area contributed by atoms with E-state index in [1.807, 2.05) is 26.0 Å². The highest BCUT2D eigenvalue weighted by atomic mass is 79.9. The summed E-state index contributed by atoms with van der Waals surface area (Å²) in [5.41, 5.74) is 9.43. The molecule has 130 valence electrons. The second kappa shape index (κ2) is 5.96. The van der Waals surface area contributed by atoms with Crippen LogP contribution in [-0.4, -0.2) is 27.1 Å². The smallest absolute Gasteiger partial charge is 0.408 e. The van der Waals surface area contributed by atoms with E-state index in [0.717, 1.165) is 40.7 Å². The molecular weight excluding hydrogens is 422 g/mol. The summed E-state index contributed by atoms with van der Waals surface area (Å²) in [7, 11) is 0. The average Bonchev–Trinajstić information content (AvgIpc) is 3.06. The van der Waals surface area contributed by atoms with Crippen LogP contribution in [0.2, 0.25) is 0 Å². The number of nitrogens with two attached hydrogens (primary N) is 1. The van der Waals surface area contributed by atoms with E-state index in [-0.39, 0.29) is 12.1 Å². The lowest BCUT2D eigenvalue weighted by atomic mass is 9.94. The highest BCUT2D eigenvalue weighted by Gasteiger charge is 2.37. The lowest BCUT2D eigenvalue weighted by molar-refractivity contribution is 0.102. The monoisotopic (exact) mass is 437 g/mol. The molecule has 2 aromatic heterocycles. The number of thiophene rings is 1. The number of hydrogen-bond donors (Lipinski definition) is 2. The van der Waals surface area contributed by atoms with Crippen LogP contribution in [0.5, 0.6) is 0 Å². The number of anilines is 1. The Morgan fingerprint density at radius 1 is 1.40 bits per heavy atom. The number of nitrogen functional groups attached to an aromatic ring is 1. The minimum absolute atomic E-state index is 0.0868. The molecule has 8 heteroatoms. The van der Waals surface area contributed by atoms with Crippen molar-refractivity contribution in [1.29, 1.82) is 0 Å². The van der Waals surface area contributed by atoms with Gasteiger partial charge in [-0.2, -0.15) is 0 Å². The van der Waals surface area contributed by atoms with Crippen molar-refractivity contribution in [3.63, 3.8) is 0 Å². The number of halogens is 1. The molecule has 1 aromatic carbocycles. The van der Waals surface area contributed by atoms with Gasteiger partial charge in [0.25, 0.3) is 0 Å². The molecule has 0 aliphatic carbocycles. The van der Waals surface area contributed by atoms with Crippen molar-refractivity contribution in [2.24, 2.45) is 0 Å². The molecule has 4 rings (SSSR count).